The lowest BCUT2D eigenvalue weighted by molar-refractivity contribution is 0.0708. The lowest BCUT2D eigenvalue weighted by atomic mass is 10.1. The highest BCUT2D eigenvalue weighted by Gasteiger charge is 2.23. The second-order valence-corrected chi connectivity index (χ2v) is 4.10. The maximum Gasteiger partial charge on any atom is 0.257 e. The molecule has 4 heteroatoms. The van der Waals surface area contributed by atoms with Gasteiger partial charge in [-0.05, 0) is 25.8 Å². The molecule has 0 bridgehead atoms. The Morgan fingerprint density at radius 1 is 1.67 bits per heavy atom. The Morgan fingerprint density at radius 2 is 2.47 bits per heavy atom. The van der Waals surface area contributed by atoms with Crippen LogP contribution in [-0.4, -0.2) is 29.9 Å². The van der Waals surface area contributed by atoms with E-state index in [1.165, 1.54) is 6.26 Å². The van der Waals surface area contributed by atoms with Crippen LogP contribution in [0.1, 0.15) is 29.0 Å². The van der Waals surface area contributed by atoms with Crippen molar-refractivity contribution in [3.8, 4) is 0 Å². The molecule has 1 aromatic heterocycles. The Hall–Kier alpha value is -1.29. The molecule has 15 heavy (non-hydrogen) atoms. The van der Waals surface area contributed by atoms with Crippen LogP contribution in [0, 0.1) is 6.92 Å². The first-order chi connectivity index (χ1) is 7.16. The molecule has 1 fully saturated rings. The zero-order valence-electron chi connectivity index (χ0n) is 8.90. The van der Waals surface area contributed by atoms with Gasteiger partial charge in [-0.25, -0.2) is 0 Å². The molecular formula is C11H16N2O2. The fourth-order valence-electron chi connectivity index (χ4n) is 1.93. The maximum atomic E-state index is 12.0. The van der Waals surface area contributed by atoms with Gasteiger partial charge in [0.2, 0.25) is 0 Å². The highest BCUT2D eigenvalue weighted by atomic mass is 16.3. The van der Waals surface area contributed by atoms with Crippen LogP contribution in [0.15, 0.2) is 16.7 Å². The predicted molar refractivity (Wildman–Crippen MR) is 56.6 cm³/mol. The Bertz CT molecular complexity index is 359. The molecule has 1 unspecified atom stereocenters. The summed E-state index contributed by atoms with van der Waals surface area (Å²) >= 11 is 0. The molecule has 1 atom stereocenters. The standard InChI is InChI=1S/C11H16N2O2/c1-8-5-9(7-15-8)11(14)13-4-2-3-10(12)6-13/h5,7,10H,2-4,6,12H2,1H3. The molecule has 0 aliphatic carbocycles. The number of nitrogens with two attached hydrogens (primary N) is 1. The number of nitrogens with zero attached hydrogens (tertiary/aromatic N) is 1. The van der Waals surface area contributed by atoms with Gasteiger partial charge in [0.05, 0.1) is 5.56 Å². The molecule has 0 spiro atoms. The molecule has 4 nitrogen and oxygen atoms in total. The summed E-state index contributed by atoms with van der Waals surface area (Å²) in [5, 5.41) is 0. The number of likely N-dealkylation sites (tertiary alicyclic amines) is 1. The van der Waals surface area contributed by atoms with Gasteiger partial charge >= 0.3 is 0 Å². The molecule has 0 aromatic carbocycles. The molecule has 0 radical (unpaired) electrons. The number of amides is 1. The summed E-state index contributed by atoms with van der Waals surface area (Å²) < 4.78 is 5.12. The number of carbonyl (C=O) groups excluding carboxylic acids is 1. The number of rotatable bonds is 1. The van der Waals surface area contributed by atoms with Gasteiger partial charge in [-0.2, -0.15) is 0 Å². The normalized spacial score (nSPS) is 21.7. The quantitative estimate of drug-likeness (QED) is 0.753. The number of carbonyl (C=O) groups is 1. The Kier molecular flexibility index (Phi) is 2.77. The molecule has 82 valence electrons. The van der Waals surface area contributed by atoms with E-state index in [9.17, 15) is 4.79 Å². The van der Waals surface area contributed by atoms with Crippen LogP contribution in [0.5, 0.6) is 0 Å². The largest absolute Gasteiger partial charge is 0.469 e. The van der Waals surface area contributed by atoms with Gasteiger partial charge in [0.25, 0.3) is 5.91 Å². The fraction of sp³-hybridized carbons (Fsp3) is 0.545. The Balaban J connectivity index is 2.07. The van der Waals surface area contributed by atoms with Crippen molar-refractivity contribution in [2.45, 2.75) is 25.8 Å². The third kappa shape index (κ3) is 2.21. The minimum atomic E-state index is 0.0296. The van der Waals surface area contributed by atoms with Crippen LogP contribution < -0.4 is 5.73 Å². The number of piperidine rings is 1. The number of furan rings is 1. The summed E-state index contributed by atoms with van der Waals surface area (Å²) in [6, 6.07) is 1.89. The zero-order chi connectivity index (χ0) is 10.8. The SMILES string of the molecule is Cc1cc(C(=O)N2CCCC(N)C2)co1. The fourth-order valence-corrected chi connectivity index (χ4v) is 1.93. The lowest BCUT2D eigenvalue weighted by Gasteiger charge is -2.30. The predicted octanol–water partition coefficient (Wildman–Crippen LogP) is 1.15. The molecular weight excluding hydrogens is 192 g/mol. The van der Waals surface area contributed by atoms with Crippen molar-refractivity contribution in [1.82, 2.24) is 4.90 Å². The number of hydrogen-bond acceptors (Lipinski definition) is 3. The molecule has 2 heterocycles. The molecule has 1 aromatic rings. The van der Waals surface area contributed by atoms with E-state index >= 15 is 0 Å². The number of aryl methyl sites for hydroxylation is 1. The second kappa shape index (κ2) is 4.06. The van der Waals surface area contributed by atoms with Crippen molar-refractivity contribution in [3.05, 3.63) is 23.7 Å². The molecule has 0 saturated carbocycles. The minimum Gasteiger partial charge on any atom is -0.469 e. The van der Waals surface area contributed by atoms with Crippen LogP contribution in [-0.2, 0) is 0 Å². The van der Waals surface area contributed by atoms with E-state index in [1.807, 2.05) is 6.92 Å². The molecule has 1 amide bonds. The van der Waals surface area contributed by atoms with E-state index in [-0.39, 0.29) is 11.9 Å². The van der Waals surface area contributed by atoms with E-state index in [0.717, 1.165) is 25.1 Å². The third-order valence-corrected chi connectivity index (χ3v) is 2.72. The van der Waals surface area contributed by atoms with E-state index in [1.54, 1.807) is 11.0 Å². The van der Waals surface area contributed by atoms with Crippen LogP contribution in [0.25, 0.3) is 0 Å². The summed E-state index contributed by atoms with van der Waals surface area (Å²) in [5.74, 6) is 0.793. The lowest BCUT2D eigenvalue weighted by Crippen LogP contribution is -2.45. The van der Waals surface area contributed by atoms with Crippen molar-refractivity contribution in [2.24, 2.45) is 5.73 Å². The zero-order valence-corrected chi connectivity index (χ0v) is 8.90. The van der Waals surface area contributed by atoms with E-state index in [0.29, 0.717) is 12.1 Å². The monoisotopic (exact) mass is 208 g/mol. The van der Waals surface area contributed by atoms with E-state index in [4.69, 9.17) is 10.2 Å². The molecule has 2 N–H and O–H groups in total. The van der Waals surface area contributed by atoms with Gasteiger partial charge in [0.1, 0.15) is 12.0 Å². The van der Waals surface area contributed by atoms with Gasteiger partial charge in [-0.3, -0.25) is 4.79 Å². The second-order valence-electron chi connectivity index (χ2n) is 4.10. The van der Waals surface area contributed by atoms with Gasteiger partial charge in [0.15, 0.2) is 0 Å². The van der Waals surface area contributed by atoms with Crippen molar-refractivity contribution >= 4 is 5.91 Å². The first-order valence-corrected chi connectivity index (χ1v) is 5.27. The highest BCUT2D eigenvalue weighted by molar-refractivity contribution is 5.94. The van der Waals surface area contributed by atoms with Crippen molar-refractivity contribution < 1.29 is 9.21 Å². The van der Waals surface area contributed by atoms with E-state index in [2.05, 4.69) is 0 Å². The van der Waals surface area contributed by atoms with Crippen LogP contribution in [0.2, 0.25) is 0 Å². The molecule has 1 saturated heterocycles. The maximum absolute atomic E-state index is 12.0. The first kappa shape index (κ1) is 10.2. The molecule has 1 aliphatic heterocycles. The Labute approximate surface area is 89.0 Å². The average molecular weight is 208 g/mol. The first-order valence-electron chi connectivity index (χ1n) is 5.27. The van der Waals surface area contributed by atoms with Crippen LogP contribution >= 0.6 is 0 Å². The van der Waals surface area contributed by atoms with Crippen molar-refractivity contribution in [1.29, 1.82) is 0 Å². The van der Waals surface area contributed by atoms with Crippen molar-refractivity contribution in [2.75, 3.05) is 13.1 Å². The summed E-state index contributed by atoms with van der Waals surface area (Å²) in [6.45, 7) is 3.29. The molecule has 2 rings (SSSR count). The summed E-state index contributed by atoms with van der Waals surface area (Å²) in [4.78, 5) is 13.8. The highest BCUT2D eigenvalue weighted by Crippen LogP contribution is 2.14. The molecule has 1 aliphatic rings. The smallest absolute Gasteiger partial charge is 0.257 e. The van der Waals surface area contributed by atoms with Gasteiger partial charge in [-0.1, -0.05) is 0 Å². The summed E-state index contributed by atoms with van der Waals surface area (Å²) in [5.41, 5.74) is 6.46. The average Bonchev–Trinajstić information content (AvgIpc) is 2.64. The summed E-state index contributed by atoms with van der Waals surface area (Å²) in [6.07, 6.45) is 3.51. The topological polar surface area (TPSA) is 59.5 Å². The van der Waals surface area contributed by atoms with Gasteiger partial charge in [0, 0.05) is 19.1 Å². The third-order valence-electron chi connectivity index (χ3n) is 2.72. The van der Waals surface area contributed by atoms with Crippen LogP contribution in [0.3, 0.4) is 0 Å². The van der Waals surface area contributed by atoms with Crippen molar-refractivity contribution in [3.63, 3.8) is 0 Å². The van der Waals surface area contributed by atoms with Crippen LogP contribution in [0.4, 0.5) is 0 Å². The van der Waals surface area contributed by atoms with Gasteiger partial charge < -0.3 is 15.1 Å². The Morgan fingerprint density at radius 3 is 3.07 bits per heavy atom. The number of hydrogen-bond donors (Lipinski definition) is 1. The summed E-state index contributed by atoms with van der Waals surface area (Å²) in [7, 11) is 0. The minimum absolute atomic E-state index is 0.0296. The van der Waals surface area contributed by atoms with Gasteiger partial charge in [-0.15, -0.1) is 0 Å². The van der Waals surface area contributed by atoms with E-state index < -0.39 is 0 Å².